The molecule has 3 aromatic carbocycles. The van der Waals surface area contributed by atoms with Crippen molar-refractivity contribution in [1.82, 2.24) is 4.90 Å². The van der Waals surface area contributed by atoms with Crippen LogP contribution in [0.4, 0.5) is 4.79 Å². The van der Waals surface area contributed by atoms with E-state index in [4.69, 9.17) is 0 Å². The lowest BCUT2D eigenvalue weighted by molar-refractivity contribution is -0.123. The van der Waals surface area contributed by atoms with E-state index in [2.05, 4.69) is 4.74 Å². The summed E-state index contributed by atoms with van der Waals surface area (Å²) in [5, 5.41) is 1.89. The zero-order valence-electron chi connectivity index (χ0n) is 15.6. The zero-order valence-corrected chi connectivity index (χ0v) is 16.4. The van der Waals surface area contributed by atoms with Gasteiger partial charge < -0.3 is 4.74 Å². The highest BCUT2D eigenvalue weighted by Crippen LogP contribution is 2.33. The summed E-state index contributed by atoms with van der Waals surface area (Å²) in [4.78, 5) is 38.3. The Morgan fingerprint density at radius 2 is 1.72 bits per heavy atom. The SMILES string of the molecule is COC(=O)c1ccc(/C=C2\SC(=O)N(Cc3ccc4ccccc4c3)C2=O)cc1. The maximum absolute atomic E-state index is 12.8. The highest BCUT2D eigenvalue weighted by atomic mass is 32.2. The van der Waals surface area contributed by atoms with Crippen molar-refractivity contribution in [1.29, 1.82) is 0 Å². The van der Waals surface area contributed by atoms with Crippen LogP contribution in [0.15, 0.2) is 71.6 Å². The molecule has 0 spiro atoms. The van der Waals surface area contributed by atoms with Gasteiger partial charge in [0.2, 0.25) is 0 Å². The third-order valence-electron chi connectivity index (χ3n) is 4.66. The van der Waals surface area contributed by atoms with Crippen LogP contribution in [0.2, 0.25) is 0 Å². The molecule has 5 nitrogen and oxygen atoms in total. The van der Waals surface area contributed by atoms with E-state index in [0.717, 1.165) is 33.7 Å². The second-order valence-electron chi connectivity index (χ2n) is 6.56. The van der Waals surface area contributed by atoms with Crippen molar-refractivity contribution in [2.45, 2.75) is 6.54 Å². The molecule has 0 aliphatic carbocycles. The predicted octanol–water partition coefficient (Wildman–Crippen LogP) is 4.86. The average Bonchev–Trinajstić information content (AvgIpc) is 3.01. The molecule has 0 aromatic heterocycles. The molecule has 1 heterocycles. The van der Waals surface area contributed by atoms with E-state index in [1.54, 1.807) is 30.3 Å². The summed E-state index contributed by atoms with van der Waals surface area (Å²) in [6.45, 7) is 0.230. The molecule has 0 atom stereocenters. The molecule has 1 saturated heterocycles. The summed E-state index contributed by atoms with van der Waals surface area (Å²) in [6, 6.07) is 20.5. The Labute approximate surface area is 172 Å². The fraction of sp³-hybridized carbons (Fsp3) is 0.0870. The maximum atomic E-state index is 12.8. The number of esters is 1. The lowest BCUT2D eigenvalue weighted by Gasteiger charge is -2.13. The number of carbonyl (C=O) groups excluding carboxylic acids is 3. The molecular weight excluding hydrogens is 386 g/mol. The van der Waals surface area contributed by atoms with Crippen molar-refractivity contribution in [2.24, 2.45) is 0 Å². The van der Waals surface area contributed by atoms with Crippen molar-refractivity contribution in [2.75, 3.05) is 7.11 Å². The first-order valence-corrected chi connectivity index (χ1v) is 9.78. The van der Waals surface area contributed by atoms with Gasteiger partial charge >= 0.3 is 5.97 Å². The molecule has 0 radical (unpaired) electrons. The summed E-state index contributed by atoms with van der Waals surface area (Å²) in [5.41, 5.74) is 2.05. The van der Waals surface area contributed by atoms with Gasteiger partial charge in [-0.25, -0.2) is 4.79 Å². The Kier molecular flexibility index (Phi) is 5.18. The van der Waals surface area contributed by atoms with Gasteiger partial charge in [-0.05, 0) is 57.9 Å². The summed E-state index contributed by atoms with van der Waals surface area (Å²) in [7, 11) is 1.32. The summed E-state index contributed by atoms with van der Waals surface area (Å²) in [5.74, 6) is -0.738. The standard InChI is InChI=1S/C23H17NO4S/c1-28-22(26)18-10-6-15(7-11-18)13-20-21(25)24(23(27)29-20)14-16-8-9-17-4-2-3-5-19(17)12-16/h2-13H,14H2,1H3/b20-13-. The highest BCUT2D eigenvalue weighted by Gasteiger charge is 2.35. The molecule has 0 bridgehead atoms. The Bertz CT molecular complexity index is 1150. The van der Waals surface area contributed by atoms with E-state index < -0.39 is 5.97 Å². The topological polar surface area (TPSA) is 63.7 Å². The number of fused-ring (bicyclic) bond motifs is 1. The van der Waals surface area contributed by atoms with Crippen LogP contribution in [0.25, 0.3) is 16.8 Å². The zero-order chi connectivity index (χ0) is 20.4. The van der Waals surface area contributed by atoms with Crippen LogP contribution in [0.5, 0.6) is 0 Å². The Morgan fingerprint density at radius 1 is 1.00 bits per heavy atom. The molecule has 0 unspecified atom stereocenters. The molecule has 2 amide bonds. The molecule has 29 heavy (non-hydrogen) atoms. The minimum Gasteiger partial charge on any atom is -0.465 e. The minimum atomic E-state index is -0.424. The largest absolute Gasteiger partial charge is 0.465 e. The quantitative estimate of drug-likeness (QED) is 0.460. The van der Waals surface area contributed by atoms with E-state index in [9.17, 15) is 14.4 Å². The minimum absolute atomic E-state index is 0.230. The third kappa shape index (κ3) is 3.93. The molecule has 144 valence electrons. The summed E-state index contributed by atoms with van der Waals surface area (Å²) >= 11 is 0.921. The Morgan fingerprint density at radius 3 is 2.45 bits per heavy atom. The lowest BCUT2D eigenvalue weighted by Crippen LogP contribution is -2.27. The van der Waals surface area contributed by atoms with Crippen LogP contribution in [-0.4, -0.2) is 29.1 Å². The van der Waals surface area contributed by atoms with E-state index >= 15 is 0 Å². The number of hydrogen-bond donors (Lipinski definition) is 0. The first-order chi connectivity index (χ1) is 14.0. The van der Waals surface area contributed by atoms with Gasteiger partial charge in [0.1, 0.15) is 0 Å². The Balaban J connectivity index is 1.53. The van der Waals surface area contributed by atoms with Crippen molar-refractivity contribution in [3.63, 3.8) is 0 Å². The van der Waals surface area contributed by atoms with Gasteiger partial charge in [0, 0.05) is 0 Å². The van der Waals surface area contributed by atoms with Crippen molar-refractivity contribution >= 4 is 45.7 Å². The lowest BCUT2D eigenvalue weighted by atomic mass is 10.1. The monoisotopic (exact) mass is 403 g/mol. The fourth-order valence-corrected chi connectivity index (χ4v) is 3.98. The van der Waals surface area contributed by atoms with Crippen LogP contribution >= 0.6 is 11.8 Å². The van der Waals surface area contributed by atoms with Gasteiger partial charge in [-0.3, -0.25) is 14.5 Å². The number of hydrogen-bond acceptors (Lipinski definition) is 5. The number of carbonyl (C=O) groups is 3. The van der Waals surface area contributed by atoms with E-state index in [1.165, 1.54) is 12.0 Å². The average molecular weight is 403 g/mol. The number of methoxy groups -OCH3 is 1. The maximum Gasteiger partial charge on any atom is 0.337 e. The summed E-state index contributed by atoms with van der Waals surface area (Å²) in [6.07, 6.45) is 1.66. The Hall–Kier alpha value is -3.38. The second-order valence-corrected chi connectivity index (χ2v) is 7.56. The van der Waals surface area contributed by atoms with E-state index in [1.807, 2.05) is 42.5 Å². The van der Waals surface area contributed by atoms with Crippen LogP contribution in [0.3, 0.4) is 0 Å². The fourth-order valence-electron chi connectivity index (χ4n) is 3.14. The van der Waals surface area contributed by atoms with Gasteiger partial charge in [-0.2, -0.15) is 0 Å². The molecule has 1 fully saturated rings. The van der Waals surface area contributed by atoms with E-state index in [-0.39, 0.29) is 17.7 Å². The number of ether oxygens (including phenoxy) is 1. The molecule has 1 aliphatic heterocycles. The van der Waals surface area contributed by atoms with Crippen LogP contribution in [-0.2, 0) is 16.1 Å². The molecule has 1 aliphatic rings. The number of imide groups is 1. The number of thioether (sulfide) groups is 1. The third-order valence-corrected chi connectivity index (χ3v) is 5.57. The van der Waals surface area contributed by atoms with Gasteiger partial charge in [-0.1, -0.05) is 48.5 Å². The highest BCUT2D eigenvalue weighted by molar-refractivity contribution is 8.18. The van der Waals surface area contributed by atoms with Crippen molar-refractivity contribution in [3.8, 4) is 0 Å². The molecule has 4 rings (SSSR count). The number of rotatable bonds is 4. The predicted molar refractivity (Wildman–Crippen MR) is 113 cm³/mol. The van der Waals surface area contributed by atoms with Crippen LogP contribution in [0, 0.1) is 0 Å². The van der Waals surface area contributed by atoms with Crippen LogP contribution in [0.1, 0.15) is 21.5 Å². The summed E-state index contributed by atoms with van der Waals surface area (Å²) < 4.78 is 4.67. The van der Waals surface area contributed by atoms with E-state index in [0.29, 0.717) is 10.5 Å². The van der Waals surface area contributed by atoms with Gasteiger partial charge in [0.05, 0.1) is 24.1 Å². The van der Waals surface area contributed by atoms with Gasteiger partial charge in [0.15, 0.2) is 0 Å². The normalized spacial score (nSPS) is 15.3. The smallest absolute Gasteiger partial charge is 0.337 e. The molecule has 6 heteroatoms. The van der Waals surface area contributed by atoms with Crippen molar-refractivity contribution in [3.05, 3.63) is 88.3 Å². The van der Waals surface area contributed by atoms with Crippen molar-refractivity contribution < 1.29 is 19.1 Å². The molecular formula is C23H17NO4S. The number of benzene rings is 3. The second kappa shape index (κ2) is 7.93. The molecule has 3 aromatic rings. The molecule has 0 N–H and O–H groups in total. The van der Waals surface area contributed by atoms with Crippen LogP contribution < -0.4 is 0 Å². The first-order valence-electron chi connectivity index (χ1n) is 8.96. The van der Waals surface area contributed by atoms with Gasteiger partial charge in [-0.15, -0.1) is 0 Å². The number of nitrogens with zero attached hydrogens (tertiary/aromatic N) is 1. The molecule has 0 saturated carbocycles. The first kappa shape index (κ1) is 19.0. The van der Waals surface area contributed by atoms with Gasteiger partial charge in [0.25, 0.3) is 11.1 Å². The number of amides is 2.